The molecule has 1 saturated heterocycles. The second-order valence-electron chi connectivity index (χ2n) is 7.37. The van der Waals surface area contributed by atoms with Gasteiger partial charge < -0.3 is 14.8 Å². The molecule has 7 heteroatoms. The summed E-state index contributed by atoms with van der Waals surface area (Å²) in [5.41, 5.74) is 2.62. The third-order valence-corrected chi connectivity index (χ3v) is 4.69. The highest BCUT2D eigenvalue weighted by Crippen LogP contribution is 2.31. The summed E-state index contributed by atoms with van der Waals surface area (Å²) in [4.78, 5) is 21.6. The van der Waals surface area contributed by atoms with Crippen molar-refractivity contribution in [3.8, 4) is 11.1 Å². The van der Waals surface area contributed by atoms with Gasteiger partial charge >= 0.3 is 6.09 Å². The Bertz CT molecular complexity index is 734. The Kier molecular flexibility index (Phi) is 8.47. The minimum absolute atomic E-state index is 0.0186. The molecule has 0 saturated carbocycles. The number of carbonyl (C=O) groups excluding carboxylic acids is 2. The van der Waals surface area contributed by atoms with Crippen molar-refractivity contribution < 1.29 is 19.1 Å². The third kappa shape index (κ3) is 7.70. The summed E-state index contributed by atoms with van der Waals surface area (Å²) in [6.07, 6.45) is 1.41. The molecule has 1 aliphatic rings. The number of piperidine rings is 1. The highest BCUT2D eigenvalue weighted by atomic mass is 32.1. The lowest BCUT2D eigenvalue weighted by molar-refractivity contribution is -0.138. The number of rotatable bonds is 4. The van der Waals surface area contributed by atoms with Gasteiger partial charge in [-0.05, 0) is 52.3 Å². The number of amides is 1. The van der Waals surface area contributed by atoms with Crippen molar-refractivity contribution >= 4 is 29.6 Å². The van der Waals surface area contributed by atoms with Crippen molar-refractivity contribution in [1.29, 1.82) is 0 Å². The Morgan fingerprint density at radius 2 is 1.86 bits per heavy atom. The molecular weight excluding hydrogens is 376 g/mol. The second-order valence-corrected chi connectivity index (χ2v) is 8.11. The molecule has 2 N–H and O–H groups in total. The topological polar surface area (TPSA) is 76.7 Å². The standard InChI is InChI=1S/C16H18N2O2S.C5H10O2/c19-16(20-13-6-8-17-9-7-13)18-15-11-21-10-14(15)12-4-2-1-3-5-12;1-5(2,3)7-4-6/h1-5,10-11,13,17H,6-9H2,(H,18,19);4H,1-3H3. The van der Waals surface area contributed by atoms with Crippen molar-refractivity contribution in [3.63, 3.8) is 0 Å². The van der Waals surface area contributed by atoms with Gasteiger partial charge in [0, 0.05) is 16.3 Å². The molecule has 0 spiro atoms. The summed E-state index contributed by atoms with van der Waals surface area (Å²) in [5, 5.41) is 10.1. The van der Waals surface area contributed by atoms with Crippen molar-refractivity contribution in [2.24, 2.45) is 0 Å². The van der Waals surface area contributed by atoms with E-state index in [2.05, 4.69) is 15.4 Å². The Morgan fingerprint density at radius 1 is 1.18 bits per heavy atom. The van der Waals surface area contributed by atoms with E-state index in [1.54, 1.807) is 11.3 Å². The molecule has 152 valence electrons. The van der Waals surface area contributed by atoms with Crippen LogP contribution < -0.4 is 10.6 Å². The van der Waals surface area contributed by atoms with E-state index in [1.165, 1.54) is 0 Å². The summed E-state index contributed by atoms with van der Waals surface area (Å²) in [5.74, 6) is 0. The predicted molar refractivity (Wildman–Crippen MR) is 113 cm³/mol. The van der Waals surface area contributed by atoms with Crippen LogP contribution in [0, 0.1) is 0 Å². The van der Waals surface area contributed by atoms with E-state index in [-0.39, 0.29) is 17.8 Å². The van der Waals surface area contributed by atoms with Gasteiger partial charge in [0.05, 0.1) is 5.69 Å². The first-order chi connectivity index (χ1) is 13.4. The van der Waals surface area contributed by atoms with Crippen molar-refractivity contribution in [1.82, 2.24) is 5.32 Å². The monoisotopic (exact) mass is 404 g/mol. The van der Waals surface area contributed by atoms with Gasteiger partial charge in [-0.25, -0.2) is 4.79 Å². The molecule has 1 amide bonds. The van der Waals surface area contributed by atoms with Gasteiger partial charge in [-0.15, -0.1) is 11.3 Å². The lowest BCUT2D eigenvalue weighted by atomic mass is 10.1. The van der Waals surface area contributed by atoms with E-state index in [0.717, 1.165) is 42.7 Å². The number of anilines is 1. The quantitative estimate of drug-likeness (QED) is 0.724. The first kappa shape index (κ1) is 21.9. The average molecular weight is 405 g/mol. The Hall–Kier alpha value is -2.38. The molecule has 1 aromatic carbocycles. The van der Waals surface area contributed by atoms with Crippen LogP contribution in [-0.2, 0) is 14.3 Å². The van der Waals surface area contributed by atoms with Gasteiger partial charge in [-0.3, -0.25) is 10.1 Å². The molecular formula is C21H28N2O4S. The maximum atomic E-state index is 12.0. The van der Waals surface area contributed by atoms with E-state index in [0.29, 0.717) is 6.47 Å². The molecule has 0 aliphatic carbocycles. The summed E-state index contributed by atoms with van der Waals surface area (Å²) in [7, 11) is 0. The normalized spacial score (nSPS) is 14.4. The fraction of sp³-hybridized carbons (Fsp3) is 0.429. The zero-order valence-corrected chi connectivity index (χ0v) is 17.4. The van der Waals surface area contributed by atoms with E-state index in [1.807, 2.05) is 61.9 Å². The molecule has 0 atom stereocenters. The van der Waals surface area contributed by atoms with Crippen LogP contribution >= 0.6 is 11.3 Å². The first-order valence-corrected chi connectivity index (χ1v) is 10.2. The van der Waals surface area contributed by atoms with Crippen LogP contribution in [0.15, 0.2) is 41.1 Å². The third-order valence-electron chi connectivity index (χ3n) is 3.95. The summed E-state index contributed by atoms with van der Waals surface area (Å²) >= 11 is 1.57. The van der Waals surface area contributed by atoms with Gasteiger partial charge in [0.25, 0.3) is 6.47 Å². The zero-order valence-electron chi connectivity index (χ0n) is 16.6. The number of nitrogens with one attached hydrogen (secondary N) is 2. The molecule has 0 radical (unpaired) electrons. The number of ether oxygens (including phenoxy) is 2. The molecule has 2 heterocycles. The van der Waals surface area contributed by atoms with Crippen LogP contribution in [0.2, 0.25) is 0 Å². The molecule has 1 aromatic heterocycles. The Morgan fingerprint density at radius 3 is 2.43 bits per heavy atom. The summed E-state index contributed by atoms with van der Waals surface area (Å²) in [6.45, 7) is 7.74. The van der Waals surface area contributed by atoms with Crippen LogP contribution in [0.1, 0.15) is 33.6 Å². The SMILES string of the molecule is CC(C)(C)OC=O.O=C(Nc1cscc1-c1ccccc1)OC1CCNCC1. The average Bonchev–Trinajstić information content (AvgIpc) is 3.11. The maximum absolute atomic E-state index is 12.0. The minimum atomic E-state index is -0.363. The Labute approximate surface area is 170 Å². The minimum Gasteiger partial charge on any atom is -0.462 e. The van der Waals surface area contributed by atoms with Crippen LogP contribution in [0.25, 0.3) is 11.1 Å². The highest BCUT2D eigenvalue weighted by molar-refractivity contribution is 7.08. The Balaban J connectivity index is 0.000000345. The molecule has 0 bridgehead atoms. The van der Waals surface area contributed by atoms with Crippen molar-refractivity contribution in [2.75, 3.05) is 18.4 Å². The summed E-state index contributed by atoms with van der Waals surface area (Å²) < 4.78 is 10.0. The molecule has 0 unspecified atom stereocenters. The summed E-state index contributed by atoms with van der Waals surface area (Å²) in [6, 6.07) is 10.0. The number of carbonyl (C=O) groups is 2. The van der Waals surface area contributed by atoms with Gasteiger partial charge in [0.15, 0.2) is 0 Å². The van der Waals surface area contributed by atoms with Crippen LogP contribution in [0.4, 0.5) is 10.5 Å². The number of benzene rings is 1. The lowest BCUT2D eigenvalue weighted by Gasteiger charge is -2.22. The zero-order chi connectivity index (χ0) is 20.4. The van der Waals surface area contributed by atoms with Gasteiger partial charge in [-0.2, -0.15) is 0 Å². The van der Waals surface area contributed by atoms with Crippen LogP contribution in [0.5, 0.6) is 0 Å². The molecule has 2 aromatic rings. The van der Waals surface area contributed by atoms with Gasteiger partial charge in [-0.1, -0.05) is 30.3 Å². The number of hydrogen-bond donors (Lipinski definition) is 2. The smallest absolute Gasteiger partial charge is 0.411 e. The van der Waals surface area contributed by atoms with E-state index >= 15 is 0 Å². The van der Waals surface area contributed by atoms with E-state index in [4.69, 9.17) is 4.74 Å². The second kappa shape index (κ2) is 10.8. The van der Waals surface area contributed by atoms with Crippen molar-refractivity contribution in [2.45, 2.75) is 45.3 Å². The molecule has 1 aliphatic heterocycles. The fourth-order valence-electron chi connectivity index (χ4n) is 2.58. The first-order valence-electron chi connectivity index (χ1n) is 9.30. The van der Waals surface area contributed by atoms with Gasteiger partial charge in [0.2, 0.25) is 0 Å². The lowest BCUT2D eigenvalue weighted by Crippen LogP contribution is -2.34. The predicted octanol–water partition coefficient (Wildman–Crippen LogP) is 4.67. The fourth-order valence-corrected chi connectivity index (χ4v) is 3.37. The van der Waals surface area contributed by atoms with E-state index < -0.39 is 0 Å². The van der Waals surface area contributed by atoms with Crippen molar-refractivity contribution in [3.05, 3.63) is 41.1 Å². The molecule has 3 rings (SSSR count). The van der Waals surface area contributed by atoms with E-state index in [9.17, 15) is 9.59 Å². The van der Waals surface area contributed by atoms with Gasteiger partial charge in [0.1, 0.15) is 11.7 Å². The molecule has 6 nitrogen and oxygen atoms in total. The largest absolute Gasteiger partial charge is 0.462 e. The number of thiophene rings is 1. The molecule has 1 fully saturated rings. The molecule has 28 heavy (non-hydrogen) atoms. The maximum Gasteiger partial charge on any atom is 0.411 e. The van der Waals surface area contributed by atoms with Crippen LogP contribution in [-0.4, -0.2) is 37.4 Å². The van der Waals surface area contributed by atoms with Crippen LogP contribution in [0.3, 0.4) is 0 Å². The number of hydrogen-bond acceptors (Lipinski definition) is 6. The highest BCUT2D eigenvalue weighted by Gasteiger charge is 2.18.